The molecular formula is C20H22N4O3S. The number of hydrogen-bond acceptors (Lipinski definition) is 5. The molecule has 1 saturated heterocycles. The molecule has 0 spiro atoms. The lowest BCUT2D eigenvalue weighted by Crippen LogP contribution is -2.54. The Labute approximate surface area is 167 Å². The number of hydrogen-bond donors (Lipinski definition) is 1. The third-order valence-electron chi connectivity index (χ3n) is 5.34. The molecule has 1 aliphatic carbocycles. The Morgan fingerprint density at radius 1 is 1.18 bits per heavy atom. The lowest BCUT2D eigenvalue weighted by molar-refractivity contribution is -0.127. The first-order chi connectivity index (χ1) is 13.5. The molecule has 1 saturated carbocycles. The molecule has 0 radical (unpaired) electrons. The van der Waals surface area contributed by atoms with Crippen molar-refractivity contribution in [1.29, 1.82) is 0 Å². The fourth-order valence-corrected chi connectivity index (χ4v) is 4.71. The standard InChI is InChI=1S/C20H22N4O3S/c1-23-17(11-15(22-23)13-7-3-2-4-8-13)19(26)21-14-9-5-6-10-16(14)24-18(25)12-28-20(24)27/h2-4,7-8,11,14,16H,5-6,9-10,12H2,1H3,(H,21,26)/t14-,16+/m0/s1. The average Bonchev–Trinajstić information content (AvgIpc) is 3.25. The molecule has 1 N–H and O–H groups in total. The van der Waals surface area contributed by atoms with Crippen molar-refractivity contribution in [3.05, 3.63) is 42.1 Å². The highest BCUT2D eigenvalue weighted by Gasteiger charge is 2.41. The molecule has 2 atom stereocenters. The van der Waals surface area contributed by atoms with E-state index in [0.29, 0.717) is 5.69 Å². The third kappa shape index (κ3) is 3.56. The van der Waals surface area contributed by atoms with Crippen LogP contribution in [-0.2, 0) is 11.8 Å². The van der Waals surface area contributed by atoms with Crippen LogP contribution in [0.25, 0.3) is 11.3 Å². The van der Waals surface area contributed by atoms with Gasteiger partial charge < -0.3 is 5.32 Å². The van der Waals surface area contributed by atoms with E-state index in [2.05, 4.69) is 10.4 Å². The van der Waals surface area contributed by atoms with E-state index in [1.807, 2.05) is 30.3 Å². The number of carbonyl (C=O) groups excluding carboxylic acids is 3. The summed E-state index contributed by atoms with van der Waals surface area (Å²) in [7, 11) is 1.74. The fraction of sp³-hybridized carbons (Fsp3) is 0.400. The van der Waals surface area contributed by atoms with Crippen molar-refractivity contribution < 1.29 is 14.4 Å². The first-order valence-corrected chi connectivity index (χ1v) is 10.4. The molecule has 0 bridgehead atoms. The number of amides is 3. The maximum absolute atomic E-state index is 12.9. The number of nitrogens with zero attached hydrogens (tertiary/aromatic N) is 3. The Balaban J connectivity index is 1.53. The average molecular weight is 398 g/mol. The van der Waals surface area contributed by atoms with Crippen molar-refractivity contribution in [3.8, 4) is 11.3 Å². The maximum atomic E-state index is 12.9. The molecule has 0 unspecified atom stereocenters. The molecule has 28 heavy (non-hydrogen) atoms. The second-order valence-electron chi connectivity index (χ2n) is 7.15. The molecule has 3 amide bonds. The van der Waals surface area contributed by atoms with Crippen LogP contribution in [0.4, 0.5) is 4.79 Å². The van der Waals surface area contributed by atoms with Crippen LogP contribution in [0, 0.1) is 0 Å². The predicted molar refractivity (Wildman–Crippen MR) is 107 cm³/mol. The Kier molecular flexibility index (Phi) is 5.21. The smallest absolute Gasteiger partial charge is 0.289 e. The van der Waals surface area contributed by atoms with Crippen molar-refractivity contribution in [2.24, 2.45) is 7.05 Å². The lowest BCUT2D eigenvalue weighted by atomic mass is 9.89. The second kappa shape index (κ2) is 7.79. The second-order valence-corrected chi connectivity index (χ2v) is 8.08. The van der Waals surface area contributed by atoms with Gasteiger partial charge >= 0.3 is 0 Å². The zero-order valence-corrected chi connectivity index (χ0v) is 16.4. The Morgan fingerprint density at radius 3 is 2.64 bits per heavy atom. The molecule has 2 aliphatic rings. The highest BCUT2D eigenvalue weighted by molar-refractivity contribution is 8.14. The van der Waals surface area contributed by atoms with Gasteiger partial charge in [0, 0.05) is 12.6 Å². The van der Waals surface area contributed by atoms with Crippen molar-refractivity contribution in [2.75, 3.05) is 5.75 Å². The fourth-order valence-electron chi connectivity index (χ4n) is 3.95. The van der Waals surface area contributed by atoms with Crippen molar-refractivity contribution in [3.63, 3.8) is 0 Å². The van der Waals surface area contributed by atoms with Crippen LogP contribution < -0.4 is 5.32 Å². The summed E-state index contributed by atoms with van der Waals surface area (Å²) in [5, 5.41) is 7.30. The quantitative estimate of drug-likeness (QED) is 0.856. The Hall–Kier alpha value is -2.61. The van der Waals surface area contributed by atoms with Crippen LogP contribution in [0.1, 0.15) is 36.2 Å². The topological polar surface area (TPSA) is 84.3 Å². The van der Waals surface area contributed by atoms with Gasteiger partial charge in [0.1, 0.15) is 5.69 Å². The van der Waals surface area contributed by atoms with E-state index in [-0.39, 0.29) is 34.9 Å². The van der Waals surface area contributed by atoms with E-state index < -0.39 is 0 Å². The van der Waals surface area contributed by atoms with Gasteiger partial charge in [-0.2, -0.15) is 5.10 Å². The Morgan fingerprint density at radius 2 is 1.93 bits per heavy atom. The van der Waals surface area contributed by atoms with Crippen LogP contribution in [0.5, 0.6) is 0 Å². The lowest BCUT2D eigenvalue weighted by Gasteiger charge is -2.36. The minimum atomic E-state index is -0.269. The molecule has 2 fully saturated rings. The number of rotatable bonds is 4. The largest absolute Gasteiger partial charge is 0.346 e. The van der Waals surface area contributed by atoms with Crippen LogP contribution in [0.3, 0.4) is 0 Å². The number of benzene rings is 1. The first-order valence-electron chi connectivity index (χ1n) is 9.44. The van der Waals surface area contributed by atoms with Crippen molar-refractivity contribution in [2.45, 2.75) is 37.8 Å². The molecule has 2 aromatic rings. The predicted octanol–water partition coefficient (Wildman–Crippen LogP) is 2.82. The molecule has 4 rings (SSSR count). The molecule has 1 aromatic carbocycles. The molecule has 8 heteroatoms. The highest BCUT2D eigenvalue weighted by Crippen LogP contribution is 2.30. The number of thioether (sulfide) groups is 1. The summed E-state index contributed by atoms with van der Waals surface area (Å²) in [6.45, 7) is 0. The number of aryl methyl sites for hydroxylation is 1. The van der Waals surface area contributed by atoms with E-state index in [1.54, 1.807) is 17.8 Å². The van der Waals surface area contributed by atoms with Gasteiger partial charge in [0.15, 0.2) is 0 Å². The van der Waals surface area contributed by atoms with E-state index >= 15 is 0 Å². The van der Waals surface area contributed by atoms with Crippen molar-refractivity contribution >= 4 is 28.8 Å². The molecule has 1 aromatic heterocycles. The van der Waals surface area contributed by atoms with E-state index in [1.165, 1.54) is 4.90 Å². The summed E-state index contributed by atoms with van der Waals surface area (Å²) in [6, 6.07) is 11.0. The molecule has 1 aliphatic heterocycles. The van der Waals surface area contributed by atoms with Gasteiger partial charge in [-0.05, 0) is 18.9 Å². The number of carbonyl (C=O) groups is 3. The molecular weight excluding hydrogens is 376 g/mol. The third-order valence-corrected chi connectivity index (χ3v) is 6.18. The van der Waals surface area contributed by atoms with E-state index in [9.17, 15) is 14.4 Å². The van der Waals surface area contributed by atoms with Crippen LogP contribution in [-0.4, -0.2) is 49.6 Å². The normalized spacial score (nSPS) is 22.5. The van der Waals surface area contributed by atoms with Gasteiger partial charge in [0.2, 0.25) is 5.91 Å². The van der Waals surface area contributed by atoms with E-state index in [0.717, 1.165) is 48.7 Å². The van der Waals surface area contributed by atoms with Gasteiger partial charge in [-0.3, -0.25) is 24.0 Å². The number of imide groups is 1. The summed E-state index contributed by atoms with van der Waals surface area (Å²) in [6.07, 6.45) is 3.39. The Bertz CT molecular complexity index is 895. The minimum Gasteiger partial charge on any atom is -0.346 e. The summed E-state index contributed by atoms with van der Waals surface area (Å²) < 4.78 is 1.57. The monoisotopic (exact) mass is 398 g/mol. The minimum absolute atomic E-state index is 0.159. The van der Waals surface area contributed by atoms with Gasteiger partial charge in [-0.25, -0.2) is 0 Å². The molecule has 7 nitrogen and oxygen atoms in total. The van der Waals surface area contributed by atoms with E-state index in [4.69, 9.17) is 0 Å². The summed E-state index contributed by atoms with van der Waals surface area (Å²) >= 11 is 1.04. The van der Waals surface area contributed by atoms with Gasteiger partial charge in [0.05, 0.1) is 23.5 Å². The summed E-state index contributed by atoms with van der Waals surface area (Å²) in [5.41, 5.74) is 2.13. The van der Waals surface area contributed by atoms with Crippen LogP contribution in [0.2, 0.25) is 0 Å². The number of nitrogens with one attached hydrogen (secondary N) is 1. The zero-order chi connectivity index (χ0) is 19.7. The summed E-state index contributed by atoms with van der Waals surface area (Å²) in [4.78, 5) is 38.6. The zero-order valence-electron chi connectivity index (χ0n) is 15.6. The molecule has 2 heterocycles. The SMILES string of the molecule is Cn1nc(-c2ccccc2)cc1C(=O)N[C@H]1CCCC[C@H]1N1C(=O)CSC1=O. The van der Waals surface area contributed by atoms with Gasteiger partial charge in [-0.1, -0.05) is 54.9 Å². The van der Waals surface area contributed by atoms with Gasteiger partial charge in [-0.15, -0.1) is 0 Å². The maximum Gasteiger partial charge on any atom is 0.289 e. The highest BCUT2D eigenvalue weighted by atomic mass is 32.2. The van der Waals surface area contributed by atoms with Gasteiger partial charge in [0.25, 0.3) is 11.1 Å². The molecule has 146 valence electrons. The first kappa shape index (κ1) is 18.7. The van der Waals surface area contributed by atoms with Crippen LogP contribution in [0.15, 0.2) is 36.4 Å². The van der Waals surface area contributed by atoms with Crippen LogP contribution >= 0.6 is 11.8 Å². The summed E-state index contributed by atoms with van der Waals surface area (Å²) in [5.74, 6) is -0.202. The number of aromatic nitrogens is 2. The van der Waals surface area contributed by atoms with Crippen molar-refractivity contribution in [1.82, 2.24) is 20.0 Å².